The fourth-order valence-corrected chi connectivity index (χ4v) is 2.88. The van der Waals surface area contributed by atoms with Gasteiger partial charge in [-0.1, -0.05) is 0 Å². The van der Waals surface area contributed by atoms with E-state index in [1.54, 1.807) is 23.5 Å². The van der Waals surface area contributed by atoms with Crippen molar-refractivity contribution in [2.24, 2.45) is 0 Å². The molecule has 0 amide bonds. The Hall–Kier alpha value is -0.390. The van der Waals surface area contributed by atoms with E-state index in [2.05, 4.69) is 31.9 Å². The van der Waals surface area contributed by atoms with Crippen LogP contribution in [0, 0.1) is 5.82 Å². The molecule has 0 aliphatic heterocycles. The van der Waals surface area contributed by atoms with Gasteiger partial charge in [0.05, 0.1) is 9.35 Å². The highest BCUT2D eigenvalue weighted by Crippen LogP contribution is 2.26. The number of thiophene rings is 1. The van der Waals surface area contributed by atoms with Crippen molar-refractivity contribution in [2.75, 3.05) is 0 Å². The lowest BCUT2D eigenvalue weighted by atomic mass is 10.3. The van der Waals surface area contributed by atoms with Crippen LogP contribution in [0.25, 0.3) is 0 Å². The zero-order chi connectivity index (χ0) is 11.5. The number of hydrogen-bond donors (Lipinski definition) is 0. The lowest BCUT2D eigenvalue weighted by Gasteiger charge is -2.05. The summed E-state index contributed by atoms with van der Waals surface area (Å²) in [6.45, 7) is 0.482. The Morgan fingerprint density at radius 2 is 2.00 bits per heavy atom. The molecule has 0 N–H and O–H groups in total. The molecule has 2 aromatic rings. The molecule has 0 aliphatic rings. The number of halogens is 3. The van der Waals surface area contributed by atoms with E-state index in [0.717, 1.165) is 9.35 Å². The van der Waals surface area contributed by atoms with E-state index in [1.165, 1.54) is 6.07 Å². The van der Waals surface area contributed by atoms with E-state index in [-0.39, 0.29) is 5.82 Å². The minimum absolute atomic E-state index is 0.287. The van der Waals surface area contributed by atoms with Crippen LogP contribution in [0.3, 0.4) is 0 Å². The number of benzene rings is 1. The maximum Gasteiger partial charge on any atom is 0.137 e. The van der Waals surface area contributed by atoms with Gasteiger partial charge in [0.2, 0.25) is 0 Å². The van der Waals surface area contributed by atoms with Crippen molar-refractivity contribution in [3.8, 4) is 5.75 Å². The molecule has 84 valence electrons. The van der Waals surface area contributed by atoms with Crippen molar-refractivity contribution < 1.29 is 9.13 Å². The van der Waals surface area contributed by atoms with E-state index in [1.807, 2.05) is 11.4 Å². The summed E-state index contributed by atoms with van der Waals surface area (Å²) in [6.07, 6.45) is 0. The van der Waals surface area contributed by atoms with Crippen molar-refractivity contribution in [3.63, 3.8) is 0 Å². The molecule has 0 saturated carbocycles. The fourth-order valence-electron chi connectivity index (χ4n) is 1.14. The predicted octanol–water partition coefficient (Wildman–Crippen LogP) is 4.99. The molecule has 0 spiro atoms. The molecule has 1 aromatic heterocycles. The predicted molar refractivity (Wildman–Crippen MR) is 70.5 cm³/mol. The van der Waals surface area contributed by atoms with E-state index in [4.69, 9.17) is 4.74 Å². The summed E-state index contributed by atoms with van der Waals surface area (Å²) in [4.78, 5) is 1.11. The SMILES string of the molecule is Fc1ccc(OCc2sccc2Br)cc1Br. The minimum atomic E-state index is -0.287. The highest BCUT2D eigenvalue weighted by atomic mass is 79.9. The summed E-state index contributed by atoms with van der Waals surface area (Å²) < 4.78 is 20.0. The molecule has 0 aliphatic carbocycles. The summed E-state index contributed by atoms with van der Waals surface area (Å²) in [5.74, 6) is 0.359. The summed E-state index contributed by atoms with van der Waals surface area (Å²) >= 11 is 8.16. The number of rotatable bonds is 3. The van der Waals surface area contributed by atoms with Crippen LogP contribution in [0.2, 0.25) is 0 Å². The minimum Gasteiger partial charge on any atom is -0.488 e. The van der Waals surface area contributed by atoms with Crippen LogP contribution >= 0.6 is 43.2 Å². The van der Waals surface area contributed by atoms with Gasteiger partial charge in [0.15, 0.2) is 0 Å². The second kappa shape index (κ2) is 5.29. The molecule has 2 rings (SSSR count). The van der Waals surface area contributed by atoms with Crippen molar-refractivity contribution >= 4 is 43.2 Å². The van der Waals surface area contributed by atoms with Gasteiger partial charge in [-0.2, -0.15) is 0 Å². The molecule has 0 saturated heterocycles. The molecule has 1 aromatic carbocycles. The van der Waals surface area contributed by atoms with Gasteiger partial charge >= 0.3 is 0 Å². The van der Waals surface area contributed by atoms with Gasteiger partial charge in [0, 0.05) is 4.47 Å². The second-order valence-corrected chi connectivity index (χ2v) is 5.77. The Labute approximate surface area is 114 Å². The summed E-state index contributed by atoms with van der Waals surface area (Å²) in [7, 11) is 0. The summed E-state index contributed by atoms with van der Waals surface area (Å²) in [5.41, 5.74) is 0. The van der Waals surface area contributed by atoms with Crippen LogP contribution in [0.4, 0.5) is 4.39 Å². The second-order valence-electron chi connectivity index (χ2n) is 3.06. The molecular weight excluding hydrogens is 359 g/mol. The number of hydrogen-bond acceptors (Lipinski definition) is 2. The first kappa shape index (κ1) is 12.1. The van der Waals surface area contributed by atoms with Gasteiger partial charge in [0.1, 0.15) is 18.2 Å². The van der Waals surface area contributed by atoms with Crippen molar-refractivity contribution in [3.05, 3.63) is 49.3 Å². The summed E-state index contributed by atoms with van der Waals surface area (Å²) in [6, 6.07) is 6.59. The molecular formula is C11H7Br2FOS. The smallest absolute Gasteiger partial charge is 0.137 e. The molecule has 1 heterocycles. The first-order valence-corrected chi connectivity index (χ1v) is 6.93. The van der Waals surface area contributed by atoms with Gasteiger partial charge in [0.25, 0.3) is 0 Å². The molecule has 5 heteroatoms. The number of ether oxygens (including phenoxy) is 1. The van der Waals surface area contributed by atoms with E-state index in [0.29, 0.717) is 16.8 Å². The monoisotopic (exact) mass is 364 g/mol. The third kappa shape index (κ3) is 2.84. The standard InChI is InChI=1S/C11H7Br2FOS/c12-8-3-4-16-11(8)6-15-7-1-2-10(14)9(13)5-7/h1-5H,6H2. The van der Waals surface area contributed by atoms with Crippen molar-refractivity contribution in [1.82, 2.24) is 0 Å². The van der Waals surface area contributed by atoms with Gasteiger partial charge < -0.3 is 4.74 Å². The lowest BCUT2D eigenvalue weighted by Crippen LogP contribution is -1.93. The lowest BCUT2D eigenvalue weighted by molar-refractivity contribution is 0.308. The first-order valence-electron chi connectivity index (χ1n) is 4.46. The van der Waals surface area contributed by atoms with Gasteiger partial charge in [-0.25, -0.2) is 4.39 Å². The van der Waals surface area contributed by atoms with Crippen molar-refractivity contribution in [2.45, 2.75) is 6.61 Å². The quantitative estimate of drug-likeness (QED) is 0.744. The zero-order valence-electron chi connectivity index (χ0n) is 8.04. The Balaban J connectivity index is 2.05. The van der Waals surface area contributed by atoms with Crippen molar-refractivity contribution in [1.29, 1.82) is 0 Å². The Morgan fingerprint density at radius 1 is 1.19 bits per heavy atom. The Bertz CT molecular complexity index is 498. The Morgan fingerprint density at radius 3 is 2.62 bits per heavy atom. The summed E-state index contributed by atoms with van der Waals surface area (Å²) in [5, 5.41) is 1.99. The highest BCUT2D eigenvalue weighted by molar-refractivity contribution is 9.10. The van der Waals surface area contributed by atoms with E-state index >= 15 is 0 Å². The van der Waals surface area contributed by atoms with E-state index in [9.17, 15) is 4.39 Å². The third-order valence-electron chi connectivity index (χ3n) is 1.95. The topological polar surface area (TPSA) is 9.23 Å². The first-order chi connectivity index (χ1) is 7.66. The molecule has 0 unspecified atom stereocenters. The van der Waals surface area contributed by atoms with Crippen LogP contribution in [-0.4, -0.2) is 0 Å². The molecule has 1 nitrogen and oxygen atoms in total. The Kier molecular flexibility index (Phi) is 4.00. The maximum atomic E-state index is 13.0. The van der Waals surface area contributed by atoms with Gasteiger partial charge in [-0.15, -0.1) is 11.3 Å². The average Bonchev–Trinajstić information content (AvgIpc) is 2.66. The van der Waals surface area contributed by atoms with Crippen LogP contribution in [0.5, 0.6) is 5.75 Å². The molecule has 0 fully saturated rings. The maximum absolute atomic E-state index is 13.0. The van der Waals surface area contributed by atoms with Crippen LogP contribution in [-0.2, 0) is 6.61 Å². The van der Waals surface area contributed by atoms with Crippen LogP contribution in [0.1, 0.15) is 4.88 Å². The van der Waals surface area contributed by atoms with Crippen LogP contribution < -0.4 is 4.74 Å². The van der Waals surface area contributed by atoms with Gasteiger partial charge in [-0.3, -0.25) is 0 Å². The van der Waals surface area contributed by atoms with Crippen LogP contribution in [0.15, 0.2) is 38.6 Å². The zero-order valence-corrected chi connectivity index (χ0v) is 12.0. The van der Waals surface area contributed by atoms with E-state index < -0.39 is 0 Å². The normalized spacial score (nSPS) is 10.4. The highest BCUT2D eigenvalue weighted by Gasteiger charge is 2.04. The molecule has 0 radical (unpaired) electrons. The fraction of sp³-hybridized carbons (Fsp3) is 0.0909. The largest absolute Gasteiger partial charge is 0.488 e. The molecule has 0 atom stereocenters. The van der Waals surface area contributed by atoms with Gasteiger partial charge in [-0.05, 0) is 61.5 Å². The third-order valence-corrected chi connectivity index (χ3v) is 4.46. The molecule has 16 heavy (non-hydrogen) atoms. The molecule has 0 bridgehead atoms. The average molecular weight is 366 g/mol.